The van der Waals surface area contributed by atoms with Gasteiger partial charge in [-0.15, -0.1) is 0 Å². The Labute approximate surface area is 184 Å². The van der Waals surface area contributed by atoms with E-state index in [1.165, 1.54) is 24.3 Å². The van der Waals surface area contributed by atoms with Crippen LogP contribution in [0.15, 0.2) is 71.6 Å². The fraction of sp³-hybridized carbons (Fsp3) is 0.0952. The Hall–Kier alpha value is -2.74. The van der Waals surface area contributed by atoms with E-state index >= 15 is 0 Å². The second-order valence-electron chi connectivity index (χ2n) is 6.38. The molecule has 0 fully saturated rings. The van der Waals surface area contributed by atoms with Crippen LogP contribution in [0, 0.1) is 6.92 Å². The van der Waals surface area contributed by atoms with E-state index in [1.807, 2.05) is 19.1 Å². The Bertz CT molecular complexity index is 1150. The lowest BCUT2D eigenvalue weighted by Gasteiger charge is -2.11. The molecule has 0 saturated heterocycles. The highest BCUT2D eigenvalue weighted by atomic mass is 35.5. The van der Waals surface area contributed by atoms with E-state index in [2.05, 4.69) is 10.0 Å². The second-order valence-corrected chi connectivity index (χ2v) is 8.85. The van der Waals surface area contributed by atoms with Crippen molar-refractivity contribution in [2.24, 2.45) is 0 Å². The number of hydrogen-bond acceptors (Lipinski definition) is 4. The molecule has 0 aliphatic carbocycles. The van der Waals surface area contributed by atoms with Crippen molar-refractivity contribution in [2.75, 3.05) is 16.6 Å². The van der Waals surface area contributed by atoms with Gasteiger partial charge in [0.05, 0.1) is 20.6 Å². The summed E-state index contributed by atoms with van der Waals surface area (Å²) >= 11 is 11.9. The maximum absolute atomic E-state index is 12.5. The van der Waals surface area contributed by atoms with Crippen LogP contribution in [-0.2, 0) is 14.8 Å². The summed E-state index contributed by atoms with van der Waals surface area (Å²) in [6, 6.07) is 17.7. The maximum atomic E-state index is 12.5. The molecule has 0 radical (unpaired) electrons. The smallest absolute Gasteiger partial charge is 0.262 e. The molecule has 3 rings (SSSR count). The maximum Gasteiger partial charge on any atom is 0.262 e. The lowest BCUT2D eigenvalue weighted by atomic mass is 10.2. The number of hydrogen-bond donors (Lipinski definition) is 2. The van der Waals surface area contributed by atoms with E-state index in [1.54, 1.807) is 30.3 Å². The second kappa shape index (κ2) is 9.38. The van der Waals surface area contributed by atoms with Crippen molar-refractivity contribution < 1.29 is 17.9 Å². The van der Waals surface area contributed by atoms with E-state index in [9.17, 15) is 13.2 Å². The molecular weight excluding hydrogens is 447 g/mol. The third kappa shape index (κ3) is 5.66. The number of nitrogens with one attached hydrogen (secondary N) is 2. The first-order valence-electron chi connectivity index (χ1n) is 8.81. The number of carbonyl (C=O) groups excluding carboxylic acids is 1. The first kappa shape index (κ1) is 22.0. The summed E-state index contributed by atoms with van der Waals surface area (Å²) in [7, 11) is -3.74. The lowest BCUT2D eigenvalue weighted by molar-refractivity contribution is -0.118. The Kier molecular flexibility index (Phi) is 6.87. The average Bonchev–Trinajstić information content (AvgIpc) is 2.72. The van der Waals surface area contributed by atoms with Crippen molar-refractivity contribution >= 4 is 50.5 Å². The highest BCUT2D eigenvalue weighted by Crippen LogP contribution is 2.29. The molecule has 1 amide bonds. The zero-order valence-electron chi connectivity index (χ0n) is 15.9. The van der Waals surface area contributed by atoms with E-state index in [-0.39, 0.29) is 16.5 Å². The molecule has 0 bridgehead atoms. The van der Waals surface area contributed by atoms with Crippen molar-refractivity contribution in [1.82, 2.24) is 0 Å². The topological polar surface area (TPSA) is 84.5 Å². The molecule has 6 nitrogen and oxygen atoms in total. The number of halogens is 2. The third-order valence-corrected chi connectivity index (χ3v) is 6.25. The molecule has 2 N–H and O–H groups in total. The first-order chi connectivity index (χ1) is 14.2. The van der Waals surface area contributed by atoms with Crippen LogP contribution in [0.3, 0.4) is 0 Å². The summed E-state index contributed by atoms with van der Waals surface area (Å²) in [6.45, 7) is 1.64. The van der Waals surface area contributed by atoms with Crippen LogP contribution in [0.25, 0.3) is 0 Å². The number of rotatable bonds is 7. The van der Waals surface area contributed by atoms with Gasteiger partial charge in [0.25, 0.3) is 15.9 Å². The van der Waals surface area contributed by atoms with Crippen LogP contribution in [0.2, 0.25) is 10.0 Å². The van der Waals surface area contributed by atoms with Gasteiger partial charge in [-0.3, -0.25) is 9.52 Å². The molecule has 30 heavy (non-hydrogen) atoms. The van der Waals surface area contributed by atoms with Gasteiger partial charge in [0.1, 0.15) is 5.75 Å². The average molecular weight is 465 g/mol. The van der Waals surface area contributed by atoms with E-state index < -0.39 is 15.9 Å². The minimum atomic E-state index is -3.74. The lowest BCUT2D eigenvalue weighted by Crippen LogP contribution is -2.20. The Balaban J connectivity index is 1.59. The Morgan fingerprint density at radius 1 is 0.967 bits per heavy atom. The van der Waals surface area contributed by atoms with E-state index in [4.69, 9.17) is 27.9 Å². The fourth-order valence-electron chi connectivity index (χ4n) is 2.49. The molecule has 3 aromatic rings. The molecule has 156 valence electrons. The van der Waals surface area contributed by atoms with E-state index in [0.717, 1.165) is 5.56 Å². The quantitative estimate of drug-likeness (QED) is 0.507. The molecule has 0 aromatic heterocycles. The highest BCUT2D eigenvalue weighted by Gasteiger charge is 2.15. The number of benzene rings is 3. The van der Waals surface area contributed by atoms with Gasteiger partial charge in [0.2, 0.25) is 0 Å². The van der Waals surface area contributed by atoms with E-state index in [0.29, 0.717) is 22.1 Å². The van der Waals surface area contributed by atoms with Crippen molar-refractivity contribution in [2.45, 2.75) is 11.8 Å². The summed E-state index contributed by atoms with van der Waals surface area (Å²) in [5.41, 5.74) is 1.87. The van der Waals surface area contributed by atoms with Gasteiger partial charge in [-0.1, -0.05) is 47.0 Å². The van der Waals surface area contributed by atoms with Crippen LogP contribution >= 0.6 is 23.2 Å². The summed E-state index contributed by atoms with van der Waals surface area (Å²) in [6.07, 6.45) is 0. The van der Waals surface area contributed by atoms with Crippen molar-refractivity contribution in [3.8, 4) is 5.75 Å². The molecule has 0 saturated carbocycles. The van der Waals surface area contributed by atoms with Crippen molar-refractivity contribution in [3.63, 3.8) is 0 Å². The zero-order valence-corrected chi connectivity index (χ0v) is 18.2. The van der Waals surface area contributed by atoms with Gasteiger partial charge in [-0.05, 0) is 55.5 Å². The normalized spacial score (nSPS) is 11.0. The molecule has 0 heterocycles. The summed E-state index contributed by atoms with van der Waals surface area (Å²) in [5.74, 6) is -0.0893. The molecule has 0 unspecified atom stereocenters. The molecule has 0 aliphatic heterocycles. The van der Waals surface area contributed by atoms with Gasteiger partial charge in [-0.2, -0.15) is 0 Å². The van der Waals surface area contributed by atoms with Crippen LogP contribution in [0.4, 0.5) is 11.4 Å². The zero-order chi connectivity index (χ0) is 21.7. The molecule has 0 atom stereocenters. The third-order valence-electron chi connectivity index (χ3n) is 4.03. The van der Waals surface area contributed by atoms with Crippen LogP contribution in [0.1, 0.15) is 5.56 Å². The highest BCUT2D eigenvalue weighted by molar-refractivity contribution is 7.92. The van der Waals surface area contributed by atoms with Crippen molar-refractivity contribution in [1.29, 1.82) is 0 Å². The van der Waals surface area contributed by atoms with Gasteiger partial charge in [-0.25, -0.2) is 8.42 Å². The summed E-state index contributed by atoms with van der Waals surface area (Å²) < 4.78 is 32.9. The first-order valence-corrected chi connectivity index (χ1v) is 11.0. The predicted octanol–water partition coefficient (Wildman–Crippen LogP) is 5.12. The fourth-order valence-corrected chi connectivity index (χ4v) is 3.89. The van der Waals surface area contributed by atoms with Gasteiger partial charge in [0.15, 0.2) is 6.61 Å². The minimum Gasteiger partial charge on any atom is -0.484 e. The largest absolute Gasteiger partial charge is 0.484 e. The minimum absolute atomic E-state index is 0.0746. The molecular formula is C21H18Cl2N2O4S. The number of carbonyl (C=O) groups is 1. The number of amides is 1. The number of aryl methyl sites for hydroxylation is 1. The van der Waals surface area contributed by atoms with Crippen LogP contribution < -0.4 is 14.8 Å². The molecule has 3 aromatic carbocycles. The Morgan fingerprint density at radius 2 is 1.63 bits per heavy atom. The number of ether oxygens (including phenoxy) is 1. The van der Waals surface area contributed by atoms with Crippen LogP contribution in [-0.4, -0.2) is 20.9 Å². The standard InChI is InChI=1S/C21H18Cl2N2O4S/c1-14-5-7-15(8-6-14)25-30(27,28)17-11-9-16(10-12-17)29-13-20(26)24-19-4-2-3-18(22)21(19)23/h2-12,25H,13H2,1H3,(H,24,26). The number of anilines is 2. The molecule has 0 spiro atoms. The van der Waals surface area contributed by atoms with Crippen LogP contribution in [0.5, 0.6) is 5.75 Å². The summed E-state index contributed by atoms with van der Waals surface area (Å²) in [4.78, 5) is 12.1. The Morgan fingerprint density at radius 3 is 2.30 bits per heavy atom. The van der Waals surface area contributed by atoms with Crippen molar-refractivity contribution in [3.05, 3.63) is 82.3 Å². The van der Waals surface area contributed by atoms with Gasteiger partial charge < -0.3 is 10.1 Å². The predicted molar refractivity (Wildman–Crippen MR) is 119 cm³/mol. The SMILES string of the molecule is Cc1ccc(NS(=O)(=O)c2ccc(OCC(=O)Nc3cccc(Cl)c3Cl)cc2)cc1. The molecule has 9 heteroatoms. The van der Waals surface area contributed by atoms with Gasteiger partial charge >= 0.3 is 0 Å². The monoisotopic (exact) mass is 464 g/mol. The van der Waals surface area contributed by atoms with Gasteiger partial charge in [0, 0.05) is 5.69 Å². The number of sulfonamides is 1. The molecule has 0 aliphatic rings. The summed E-state index contributed by atoms with van der Waals surface area (Å²) in [5, 5.41) is 3.17.